The van der Waals surface area contributed by atoms with Crippen molar-refractivity contribution in [2.24, 2.45) is 5.41 Å². The van der Waals surface area contributed by atoms with E-state index in [1.165, 1.54) is 0 Å². The maximum atomic E-state index is 13.3. The molecule has 1 aliphatic rings. The number of hydrogen-bond acceptors (Lipinski definition) is 2. The van der Waals surface area contributed by atoms with Crippen LogP contribution in [0.25, 0.3) is 0 Å². The summed E-state index contributed by atoms with van der Waals surface area (Å²) < 4.78 is 40.8. The fourth-order valence-corrected chi connectivity index (χ4v) is 2.98. The predicted octanol–water partition coefficient (Wildman–Crippen LogP) is 3.69. The van der Waals surface area contributed by atoms with Gasteiger partial charge in [-0.2, -0.15) is 13.2 Å². The molecular formula is C15H18BrF3N2O. The molecule has 0 radical (unpaired) electrons. The number of nitrogens with zero attached hydrogens (tertiary/aromatic N) is 1. The van der Waals surface area contributed by atoms with E-state index in [-0.39, 0.29) is 25.3 Å². The Balaban J connectivity index is 2.12. The summed E-state index contributed by atoms with van der Waals surface area (Å²) in [5.41, 5.74) is 2.38. The van der Waals surface area contributed by atoms with Crippen LogP contribution in [0.1, 0.15) is 25.8 Å². The highest BCUT2D eigenvalue weighted by Gasteiger charge is 2.49. The normalized spacial score (nSPS) is 20.0. The third-order valence-corrected chi connectivity index (χ3v) is 4.60. The Kier molecular flexibility index (Phi) is 4.87. The molecule has 2 rings (SSSR count). The fourth-order valence-electron chi connectivity index (χ4n) is 2.50. The van der Waals surface area contributed by atoms with E-state index < -0.39 is 17.6 Å². The number of alkyl halides is 3. The molecule has 1 fully saturated rings. The van der Waals surface area contributed by atoms with Gasteiger partial charge in [0, 0.05) is 11.0 Å². The molecule has 1 unspecified atom stereocenters. The average Bonchev–Trinajstić information content (AvgIpc) is 2.64. The number of aryl methyl sites for hydroxylation is 1. The molecule has 0 spiro atoms. The Bertz CT molecular complexity index is 560. The van der Waals surface area contributed by atoms with Gasteiger partial charge >= 0.3 is 6.18 Å². The van der Waals surface area contributed by atoms with Crippen LogP contribution >= 0.6 is 15.9 Å². The van der Waals surface area contributed by atoms with Gasteiger partial charge in [0.05, 0.1) is 5.41 Å². The molecule has 1 saturated heterocycles. The molecule has 0 bridgehead atoms. The summed E-state index contributed by atoms with van der Waals surface area (Å²) >= 11 is 3.34. The van der Waals surface area contributed by atoms with Crippen LogP contribution in [0.15, 0.2) is 28.7 Å². The van der Waals surface area contributed by atoms with Crippen molar-refractivity contribution in [1.82, 2.24) is 10.4 Å². The summed E-state index contributed by atoms with van der Waals surface area (Å²) in [6, 6.07) is 5.52. The molecule has 122 valence electrons. The average molecular weight is 379 g/mol. The zero-order valence-electron chi connectivity index (χ0n) is 12.4. The Morgan fingerprint density at radius 2 is 2.00 bits per heavy atom. The van der Waals surface area contributed by atoms with Gasteiger partial charge in [-0.1, -0.05) is 34.1 Å². The Morgan fingerprint density at radius 1 is 1.36 bits per heavy atom. The molecule has 1 aliphatic heterocycles. The molecule has 22 heavy (non-hydrogen) atoms. The van der Waals surface area contributed by atoms with E-state index in [2.05, 4.69) is 21.4 Å². The molecule has 1 aromatic rings. The lowest BCUT2D eigenvalue weighted by Crippen LogP contribution is -2.50. The lowest BCUT2D eigenvalue weighted by Gasteiger charge is -2.29. The second-order valence-corrected chi connectivity index (χ2v) is 6.99. The lowest BCUT2D eigenvalue weighted by molar-refractivity contribution is -0.190. The topological polar surface area (TPSA) is 32.3 Å². The van der Waals surface area contributed by atoms with Crippen molar-refractivity contribution in [1.29, 1.82) is 0 Å². The minimum Gasteiger partial charge on any atom is -0.288 e. The molecule has 3 nitrogen and oxygen atoms in total. The zero-order chi connectivity index (χ0) is 16.5. The number of hydrazine groups is 1. The van der Waals surface area contributed by atoms with Crippen LogP contribution < -0.4 is 5.43 Å². The van der Waals surface area contributed by atoms with E-state index >= 15 is 0 Å². The fraction of sp³-hybridized carbons (Fsp3) is 0.533. The van der Waals surface area contributed by atoms with Crippen molar-refractivity contribution >= 4 is 21.8 Å². The van der Waals surface area contributed by atoms with Crippen LogP contribution in [0.4, 0.5) is 13.2 Å². The summed E-state index contributed by atoms with van der Waals surface area (Å²) in [6.07, 6.45) is -4.23. The van der Waals surface area contributed by atoms with Crippen LogP contribution in [0.3, 0.4) is 0 Å². The van der Waals surface area contributed by atoms with Gasteiger partial charge in [-0.05, 0) is 38.3 Å². The van der Waals surface area contributed by atoms with Crippen LogP contribution in [-0.4, -0.2) is 29.7 Å². The van der Waals surface area contributed by atoms with E-state index in [1.54, 1.807) is 32.0 Å². The quantitative estimate of drug-likeness (QED) is 0.866. The summed E-state index contributed by atoms with van der Waals surface area (Å²) in [4.78, 5) is 11.7. The van der Waals surface area contributed by atoms with Gasteiger partial charge in [-0.25, -0.2) is 5.01 Å². The Hall–Kier alpha value is -1.08. The van der Waals surface area contributed by atoms with E-state index in [4.69, 9.17) is 0 Å². The number of rotatable bonds is 4. The van der Waals surface area contributed by atoms with Crippen LogP contribution in [0.2, 0.25) is 0 Å². The summed E-state index contributed by atoms with van der Waals surface area (Å²) in [6.45, 7) is 3.33. The Labute approximate surface area is 136 Å². The van der Waals surface area contributed by atoms with Gasteiger partial charge in [0.15, 0.2) is 0 Å². The molecular weight excluding hydrogens is 361 g/mol. The van der Waals surface area contributed by atoms with E-state index in [0.29, 0.717) is 0 Å². The van der Waals surface area contributed by atoms with Crippen LogP contribution in [0, 0.1) is 5.41 Å². The molecule has 1 amide bonds. The van der Waals surface area contributed by atoms with Crippen molar-refractivity contribution in [3.05, 3.63) is 34.3 Å². The van der Waals surface area contributed by atoms with Gasteiger partial charge in [0.1, 0.15) is 6.04 Å². The lowest BCUT2D eigenvalue weighted by atomic mass is 9.94. The highest BCUT2D eigenvalue weighted by atomic mass is 79.9. The first kappa shape index (κ1) is 17.3. The number of hydrogen-bond donors (Lipinski definition) is 1. The highest BCUT2D eigenvalue weighted by Crippen LogP contribution is 2.33. The number of nitrogens with one attached hydrogen (secondary N) is 1. The number of carbonyl (C=O) groups is 1. The van der Waals surface area contributed by atoms with Gasteiger partial charge < -0.3 is 0 Å². The summed E-state index contributed by atoms with van der Waals surface area (Å²) in [5, 5.41) is 1.03. The number of carbonyl (C=O) groups excluding carboxylic acids is 1. The maximum absolute atomic E-state index is 13.3. The molecule has 1 atom stereocenters. The van der Waals surface area contributed by atoms with Crippen LogP contribution in [0.5, 0.6) is 0 Å². The van der Waals surface area contributed by atoms with Gasteiger partial charge in [0.25, 0.3) is 0 Å². The smallest absolute Gasteiger partial charge is 0.288 e. The second-order valence-electron chi connectivity index (χ2n) is 6.14. The summed E-state index contributed by atoms with van der Waals surface area (Å²) in [5.74, 6) is -0.373. The van der Waals surface area contributed by atoms with Crippen LogP contribution in [-0.2, 0) is 11.2 Å². The highest BCUT2D eigenvalue weighted by molar-refractivity contribution is 9.10. The van der Waals surface area contributed by atoms with Crippen molar-refractivity contribution in [3.63, 3.8) is 0 Å². The zero-order valence-corrected chi connectivity index (χ0v) is 14.0. The van der Waals surface area contributed by atoms with E-state index in [0.717, 1.165) is 15.0 Å². The molecule has 0 aliphatic carbocycles. The predicted molar refractivity (Wildman–Crippen MR) is 80.9 cm³/mol. The molecule has 1 N–H and O–H groups in total. The van der Waals surface area contributed by atoms with Gasteiger partial charge in [-0.15, -0.1) is 0 Å². The van der Waals surface area contributed by atoms with Gasteiger partial charge in [-0.3, -0.25) is 10.2 Å². The molecule has 0 saturated carbocycles. The van der Waals surface area contributed by atoms with Gasteiger partial charge in [0.2, 0.25) is 5.91 Å². The molecule has 7 heteroatoms. The van der Waals surface area contributed by atoms with E-state index in [9.17, 15) is 18.0 Å². The maximum Gasteiger partial charge on any atom is 0.405 e. The monoisotopic (exact) mass is 378 g/mol. The molecule has 0 aromatic heterocycles. The van der Waals surface area contributed by atoms with E-state index in [1.807, 2.05) is 6.07 Å². The first-order chi connectivity index (χ1) is 10.1. The SMILES string of the molecule is CC1(C)CN(C(CCc2ccccc2Br)C(F)(F)F)NC1=O. The van der Waals surface area contributed by atoms with Crippen molar-refractivity contribution in [3.8, 4) is 0 Å². The van der Waals surface area contributed by atoms with Crippen molar-refractivity contribution in [2.45, 2.75) is 38.9 Å². The van der Waals surface area contributed by atoms with Crippen molar-refractivity contribution < 1.29 is 18.0 Å². The largest absolute Gasteiger partial charge is 0.405 e. The third-order valence-electron chi connectivity index (χ3n) is 3.82. The third kappa shape index (κ3) is 3.81. The number of benzene rings is 1. The second kappa shape index (κ2) is 6.20. The number of halogens is 4. The van der Waals surface area contributed by atoms with Crippen molar-refractivity contribution in [2.75, 3.05) is 6.54 Å². The first-order valence-electron chi connectivity index (χ1n) is 6.99. The molecule has 1 aromatic carbocycles. The summed E-state index contributed by atoms with van der Waals surface area (Å²) in [7, 11) is 0. The number of amides is 1. The Morgan fingerprint density at radius 3 is 2.50 bits per heavy atom. The minimum absolute atomic E-state index is 0.0476. The molecule has 1 heterocycles. The first-order valence-corrected chi connectivity index (χ1v) is 7.78. The standard InChI is InChI=1S/C15H18BrF3N2O/c1-14(2)9-21(20-13(14)22)12(15(17,18)19)8-7-10-5-3-4-6-11(10)16/h3-6,12H,7-9H2,1-2H3,(H,20,22). The minimum atomic E-state index is -4.39.